The van der Waals surface area contributed by atoms with Gasteiger partial charge >= 0.3 is 0 Å². The first-order chi connectivity index (χ1) is 13.5. The minimum atomic E-state index is 0.298. The van der Waals surface area contributed by atoms with Crippen LogP contribution in [-0.4, -0.2) is 16.9 Å². The van der Waals surface area contributed by atoms with E-state index in [1.807, 2.05) is 6.20 Å². The van der Waals surface area contributed by atoms with Crippen LogP contribution in [0.15, 0.2) is 30.6 Å². The van der Waals surface area contributed by atoms with E-state index in [-0.39, 0.29) is 0 Å². The topological polar surface area (TPSA) is 42.0 Å². The summed E-state index contributed by atoms with van der Waals surface area (Å²) in [5, 5.41) is 3.35. The predicted octanol–water partition coefficient (Wildman–Crippen LogP) is 4.99. The van der Waals surface area contributed by atoms with Crippen molar-refractivity contribution in [3.63, 3.8) is 0 Å². The Balaban J connectivity index is 1.34. The largest absolute Gasteiger partial charge is 0.353 e. The summed E-state index contributed by atoms with van der Waals surface area (Å²) in [4.78, 5) is 16.7. The van der Waals surface area contributed by atoms with E-state index in [0.29, 0.717) is 28.2 Å². The standard InChI is InChI=1S/C25H32N2O/c1-23-10-8-20-17(19(23)6-5-18(23)16-4-3-13-26-15-16)7-12-25-14-21(25)27-22(28)9-11-24(20,25)2/h3-5,13,15,17,19-21H,6-12,14H2,1-2H3,(H,27,28)/t17?,19?,20?,21?,23-,24-,25?/m1/s1. The van der Waals surface area contributed by atoms with Crippen LogP contribution in [0.4, 0.5) is 0 Å². The van der Waals surface area contributed by atoms with Crippen molar-refractivity contribution in [3.05, 3.63) is 36.2 Å². The molecule has 1 aromatic heterocycles. The molecule has 28 heavy (non-hydrogen) atoms. The van der Waals surface area contributed by atoms with Gasteiger partial charge in [0.15, 0.2) is 0 Å². The average molecular weight is 377 g/mol. The summed E-state index contributed by atoms with van der Waals surface area (Å²) in [6.45, 7) is 5.10. The van der Waals surface area contributed by atoms with Crippen LogP contribution in [0.1, 0.15) is 70.8 Å². The number of hydrogen-bond acceptors (Lipinski definition) is 2. The number of rotatable bonds is 1. The van der Waals surface area contributed by atoms with E-state index in [9.17, 15) is 4.79 Å². The molecule has 6 rings (SSSR count). The number of nitrogens with one attached hydrogen (secondary N) is 1. The Hall–Kier alpha value is -1.64. The molecule has 1 aromatic rings. The summed E-state index contributed by atoms with van der Waals surface area (Å²) in [7, 11) is 0. The van der Waals surface area contributed by atoms with Gasteiger partial charge in [-0.1, -0.05) is 26.0 Å². The molecule has 5 aliphatic rings. The molecule has 2 heterocycles. The zero-order valence-corrected chi connectivity index (χ0v) is 17.2. The molecule has 3 saturated carbocycles. The Morgan fingerprint density at radius 3 is 2.86 bits per heavy atom. The van der Waals surface area contributed by atoms with E-state index >= 15 is 0 Å². The predicted molar refractivity (Wildman–Crippen MR) is 110 cm³/mol. The second-order valence-corrected chi connectivity index (χ2v) is 10.9. The lowest BCUT2D eigenvalue weighted by Crippen LogP contribution is -2.53. The first-order valence-electron chi connectivity index (χ1n) is 11.4. The zero-order valence-electron chi connectivity index (χ0n) is 17.2. The molecule has 5 unspecified atom stereocenters. The third-order valence-electron chi connectivity index (χ3n) is 10.2. The van der Waals surface area contributed by atoms with Crippen molar-refractivity contribution in [2.75, 3.05) is 0 Å². The van der Waals surface area contributed by atoms with E-state index in [1.54, 1.807) is 5.57 Å². The van der Waals surface area contributed by atoms with Gasteiger partial charge in [-0.25, -0.2) is 0 Å². The van der Waals surface area contributed by atoms with Crippen LogP contribution in [-0.2, 0) is 4.79 Å². The maximum Gasteiger partial charge on any atom is 0.220 e. The zero-order chi connectivity index (χ0) is 19.1. The van der Waals surface area contributed by atoms with Crippen molar-refractivity contribution < 1.29 is 4.79 Å². The molecular formula is C25H32N2O. The summed E-state index contributed by atoms with van der Waals surface area (Å²) in [5.41, 5.74) is 3.93. The molecule has 0 radical (unpaired) electrons. The normalized spacial score (nSPS) is 48.9. The van der Waals surface area contributed by atoms with Crippen molar-refractivity contribution >= 4 is 11.5 Å². The van der Waals surface area contributed by atoms with Crippen LogP contribution in [0.5, 0.6) is 0 Å². The second-order valence-electron chi connectivity index (χ2n) is 10.9. The molecule has 7 atom stereocenters. The number of hydrogen-bond donors (Lipinski definition) is 1. The quantitative estimate of drug-likeness (QED) is 0.750. The maximum atomic E-state index is 12.3. The van der Waals surface area contributed by atoms with Gasteiger partial charge in [0, 0.05) is 24.9 Å². The lowest BCUT2D eigenvalue weighted by atomic mass is 9.45. The molecule has 4 aliphatic carbocycles. The number of pyridine rings is 1. The van der Waals surface area contributed by atoms with E-state index in [4.69, 9.17) is 0 Å². The van der Waals surface area contributed by atoms with Gasteiger partial charge in [0.1, 0.15) is 0 Å². The Morgan fingerprint density at radius 2 is 2.04 bits per heavy atom. The second kappa shape index (κ2) is 5.49. The number of fused-ring (bicyclic) bond motifs is 4. The number of carbonyl (C=O) groups is 1. The summed E-state index contributed by atoms with van der Waals surface area (Å²) >= 11 is 0. The van der Waals surface area contributed by atoms with E-state index in [1.165, 1.54) is 44.1 Å². The SMILES string of the molecule is C[C@]12CCC3C(CCC45CC4NC(=O)CC[C@]35C)C1CC=C2c1cccnc1. The molecule has 3 nitrogen and oxygen atoms in total. The number of aromatic nitrogens is 1. The smallest absolute Gasteiger partial charge is 0.220 e. The first-order valence-corrected chi connectivity index (χ1v) is 11.4. The Kier molecular flexibility index (Phi) is 3.38. The summed E-state index contributed by atoms with van der Waals surface area (Å²) in [6, 6.07) is 4.79. The minimum absolute atomic E-state index is 0.298. The van der Waals surface area contributed by atoms with Gasteiger partial charge in [0.05, 0.1) is 0 Å². The van der Waals surface area contributed by atoms with Crippen molar-refractivity contribution in [3.8, 4) is 0 Å². The molecule has 148 valence electrons. The Bertz CT molecular complexity index is 863. The van der Waals surface area contributed by atoms with E-state index in [2.05, 4.69) is 48.6 Å². The number of allylic oxidation sites excluding steroid dienone is 2. The Morgan fingerprint density at radius 1 is 1.14 bits per heavy atom. The highest BCUT2D eigenvalue weighted by Crippen LogP contribution is 2.75. The molecule has 0 aromatic carbocycles. The van der Waals surface area contributed by atoms with Gasteiger partial charge in [0.2, 0.25) is 5.91 Å². The number of carbonyl (C=O) groups excluding carboxylic acids is 1. The van der Waals surface area contributed by atoms with Gasteiger partial charge < -0.3 is 5.32 Å². The van der Waals surface area contributed by atoms with Crippen LogP contribution < -0.4 is 5.32 Å². The van der Waals surface area contributed by atoms with Crippen molar-refractivity contribution in [1.29, 1.82) is 0 Å². The van der Waals surface area contributed by atoms with E-state index < -0.39 is 0 Å². The Labute approximate surface area is 168 Å². The van der Waals surface area contributed by atoms with Crippen LogP contribution in [0, 0.1) is 34.0 Å². The monoisotopic (exact) mass is 376 g/mol. The first kappa shape index (κ1) is 17.2. The number of amides is 1. The van der Waals surface area contributed by atoms with Crippen LogP contribution >= 0.6 is 0 Å². The molecule has 4 fully saturated rings. The van der Waals surface area contributed by atoms with E-state index in [0.717, 1.165) is 30.6 Å². The molecule has 1 saturated heterocycles. The maximum absolute atomic E-state index is 12.3. The summed E-state index contributed by atoms with van der Waals surface area (Å²) in [5.74, 6) is 2.67. The van der Waals surface area contributed by atoms with Gasteiger partial charge in [0.25, 0.3) is 0 Å². The molecule has 3 heteroatoms. The molecule has 1 spiro atoms. The highest BCUT2D eigenvalue weighted by molar-refractivity contribution is 5.77. The molecule has 0 bridgehead atoms. The van der Waals surface area contributed by atoms with Crippen molar-refractivity contribution in [1.82, 2.24) is 10.3 Å². The number of nitrogens with zero attached hydrogens (tertiary/aromatic N) is 1. The fourth-order valence-electron chi connectivity index (χ4n) is 8.57. The van der Waals surface area contributed by atoms with Gasteiger partial charge in [-0.15, -0.1) is 0 Å². The average Bonchev–Trinajstić information content (AvgIpc) is 3.29. The third kappa shape index (κ3) is 2.01. The molecule has 1 N–H and O–H groups in total. The van der Waals surface area contributed by atoms with Gasteiger partial charge in [-0.2, -0.15) is 0 Å². The molecular weight excluding hydrogens is 344 g/mol. The highest BCUT2D eigenvalue weighted by Gasteiger charge is 2.71. The fraction of sp³-hybridized carbons (Fsp3) is 0.680. The van der Waals surface area contributed by atoms with Crippen LogP contribution in [0.3, 0.4) is 0 Å². The fourth-order valence-corrected chi connectivity index (χ4v) is 8.57. The summed E-state index contributed by atoms with van der Waals surface area (Å²) < 4.78 is 0. The lowest BCUT2D eigenvalue weighted by Gasteiger charge is -2.59. The minimum Gasteiger partial charge on any atom is -0.353 e. The lowest BCUT2D eigenvalue weighted by molar-refractivity contribution is -0.122. The van der Waals surface area contributed by atoms with Crippen LogP contribution in [0.25, 0.3) is 5.57 Å². The van der Waals surface area contributed by atoms with Crippen molar-refractivity contribution in [2.45, 2.75) is 71.3 Å². The molecule has 1 aliphatic heterocycles. The van der Waals surface area contributed by atoms with Crippen LogP contribution in [0.2, 0.25) is 0 Å². The molecule has 1 amide bonds. The van der Waals surface area contributed by atoms with Gasteiger partial charge in [-0.3, -0.25) is 9.78 Å². The van der Waals surface area contributed by atoms with Gasteiger partial charge in [-0.05, 0) is 96.1 Å². The highest BCUT2D eigenvalue weighted by atomic mass is 16.1. The third-order valence-corrected chi connectivity index (χ3v) is 10.2. The summed E-state index contributed by atoms with van der Waals surface area (Å²) in [6.07, 6.45) is 16.1. The van der Waals surface area contributed by atoms with Crippen molar-refractivity contribution in [2.24, 2.45) is 34.0 Å².